The van der Waals surface area contributed by atoms with Crippen molar-refractivity contribution in [3.63, 3.8) is 0 Å². The van der Waals surface area contributed by atoms with E-state index in [0.717, 1.165) is 29.5 Å². The van der Waals surface area contributed by atoms with Crippen LogP contribution in [0.4, 0.5) is 4.39 Å². The number of nitrogens with zero attached hydrogens (tertiary/aromatic N) is 2. The zero-order valence-electron chi connectivity index (χ0n) is 16.0. The number of allylic oxidation sites excluding steroid dienone is 1. The molecule has 0 saturated carbocycles. The Morgan fingerprint density at radius 1 is 0.857 bits per heavy atom. The fourth-order valence-electron chi connectivity index (χ4n) is 2.82. The van der Waals surface area contributed by atoms with Gasteiger partial charge in [-0.2, -0.15) is 10.2 Å². The highest BCUT2D eigenvalue weighted by atomic mass is 19.1. The van der Waals surface area contributed by atoms with E-state index in [4.69, 9.17) is 0 Å². The Morgan fingerprint density at radius 2 is 1.50 bits per heavy atom. The number of rotatable bonds is 7. The highest BCUT2D eigenvalue weighted by molar-refractivity contribution is 5.83. The van der Waals surface area contributed by atoms with Gasteiger partial charge in [-0.1, -0.05) is 72.3 Å². The van der Waals surface area contributed by atoms with Crippen molar-refractivity contribution in [1.82, 2.24) is 0 Å². The van der Waals surface area contributed by atoms with Gasteiger partial charge in [-0.05, 0) is 48.1 Å². The Hall–Kier alpha value is -3.33. The molecular weight excluding hydrogens is 347 g/mol. The molecule has 0 aliphatic rings. The second-order valence-corrected chi connectivity index (χ2v) is 6.66. The van der Waals surface area contributed by atoms with Crippen LogP contribution in [0.2, 0.25) is 0 Å². The molecule has 0 aliphatic carbocycles. The topological polar surface area (TPSA) is 24.7 Å². The van der Waals surface area contributed by atoms with Crippen LogP contribution in [-0.4, -0.2) is 12.4 Å². The molecule has 0 unspecified atom stereocenters. The first kappa shape index (κ1) is 19.4. The minimum Gasteiger partial charge on any atom is -0.206 e. The van der Waals surface area contributed by atoms with Crippen LogP contribution in [0, 0.1) is 12.7 Å². The third kappa shape index (κ3) is 5.34. The molecule has 0 N–H and O–H groups in total. The summed E-state index contributed by atoms with van der Waals surface area (Å²) in [5, 5.41) is 8.08. The molecule has 0 spiro atoms. The van der Waals surface area contributed by atoms with Crippen molar-refractivity contribution in [3.05, 3.63) is 107 Å². The molecule has 2 nitrogen and oxygen atoms in total. The SMILES string of the molecule is C=CCCc1ccc(C=NN=Cc2ccc(-c3ccc(C)cc3)c(F)c2)cc1. The largest absolute Gasteiger partial charge is 0.206 e. The van der Waals surface area contributed by atoms with Crippen LogP contribution >= 0.6 is 0 Å². The number of aryl methyl sites for hydroxylation is 2. The van der Waals surface area contributed by atoms with Crippen LogP contribution < -0.4 is 0 Å². The van der Waals surface area contributed by atoms with E-state index in [1.165, 1.54) is 11.6 Å². The predicted octanol–water partition coefficient (Wildman–Crippen LogP) is 6.37. The second kappa shape index (κ2) is 9.56. The van der Waals surface area contributed by atoms with Gasteiger partial charge in [0.15, 0.2) is 0 Å². The zero-order chi connectivity index (χ0) is 19.8. The maximum Gasteiger partial charge on any atom is 0.131 e. The summed E-state index contributed by atoms with van der Waals surface area (Å²) >= 11 is 0. The molecule has 0 saturated heterocycles. The Labute approximate surface area is 165 Å². The highest BCUT2D eigenvalue weighted by Crippen LogP contribution is 2.23. The summed E-state index contributed by atoms with van der Waals surface area (Å²) in [6.45, 7) is 5.75. The monoisotopic (exact) mass is 370 g/mol. The van der Waals surface area contributed by atoms with Gasteiger partial charge in [0.05, 0.1) is 12.4 Å². The van der Waals surface area contributed by atoms with Gasteiger partial charge in [0.1, 0.15) is 5.82 Å². The lowest BCUT2D eigenvalue weighted by molar-refractivity contribution is 0.631. The summed E-state index contributed by atoms with van der Waals surface area (Å²) in [6, 6.07) is 21.1. The molecule has 28 heavy (non-hydrogen) atoms. The fourth-order valence-corrected chi connectivity index (χ4v) is 2.82. The van der Waals surface area contributed by atoms with Gasteiger partial charge in [-0.3, -0.25) is 0 Å². The molecule has 0 atom stereocenters. The Balaban J connectivity index is 1.64. The number of hydrogen-bond acceptors (Lipinski definition) is 2. The maximum absolute atomic E-state index is 14.4. The van der Waals surface area contributed by atoms with Crippen LogP contribution in [0.3, 0.4) is 0 Å². The standard InChI is InChI=1S/C25H23FN2/c1-3-4-5-20-8-10-21(11-9-20)17-27-28-18-22-12-15-24(25(26)16-22)23-13-6-19(2)7-14-23/h3,6-18H,1,4-5H2,2H3. The van der Waals surface area contributed by atoms with Gasteiger partial charge in [-0.15, -0.1) is 6.58 Å². The van der Waals surface area contributed by atoms with Gasteiger partial charge in [0, 0.05) is 5.56 Å². The molecule has 0 amide bonds. The molecule has 3 aromatic rings. The van der Waals surface area contributed by atoms with Gasteiger partial charge < -0.3 is 0 Å². The van der Waals surface area contributed by atoms with Crippen molar-refractivity contribution in [1.29, 1.82) is 0 Å². The molecule has 0 aromatic heterocycles. The lowest BCUT2D eigenvalue weighted by Gasteiger charge is -2.04. The van der Waals surface area contributed by atoms with E-state index in [1.807, 2.05) is 55.5 Å². The molecule has 0 heterocycles. The summed E-state index contributed by atoms with van der Waals surface area (Å²) in [5.74, 6) is -0.271. The van der Waals surface area contributed by atoms with E-state index in [1.54, 1.807) is 18.5 Å². The third-order valence-corrected chi connectivity index (χ3v) is 4.45. The molecule has 3 aromatic carbocycles. The second-order valence-electron chi connectivity index (χ2n) is 6.66. The summed E-state index contributed by atoms with van der Waals surface area (Å²) in [6.07, 6.45) is 7.11. The Kier molecular flexibility index (Phi) is 6.64. The zero-order valence-corrected chi connectivity index (χ0v) is 16.0. The van der Waals surface area contributed by atoms with E-state index in [9.17, 15) is 4.39 Å². The average Bonchev–Trinajstić information content (AvgIpc) is 2.71. The molecule has 0 fully saturated rings. The first-order chi connectivity index (χ1) is 13.7. The van der Waals surface area contributed by atoms with E-state index >= 15 is 0 Å². The number of hydrogen-bond donors (Lipinski definition) is 0. The summed E-state index contributed by atoms with van der Waals surface area (Å²) in [4.78, 5) is 0. The van der Waals surface area contributed by atoms with E-state index in [2.05, 4.69) is 28.9 Å². The van der Waals surface area contributed by atoms with Crippen molar-refractivity contribution in [2.45, 2.75) is 19.8 Å². The first-order valence-electron chi connectivity index (χ1n) is 9.28. The molecule has 3 rings (SSSR count). The fraction of sp³-hybridized carbons (Fsp3) is 0.120. The summed E-state index contributed by atoms with van der Waals surface area (Å²) < 4.78 is 14.4. The van der Waals surface area contributed by atoms with Crippen molar-refractivity contribution in [2.24, 2.45) is 10.2 Å². The van der Waals surface area contributed by atoms with Crippen LogP contribution in [0.5, 0.6) is 0 Å². The van der Waals surface area contributed by atoms with E-state index in [0.29, 0.717) is 11.1 Å². The van der Waals surface area contributed by atoms with Gasteiger partial charge in [0.2, 0.25) is 0 Å². The van der Waals surface area contributed by atoms with Crippen LogP contribution in [0.25, 0.3) is 11.1 Å². The van der Waals surface area contributed by atoms with E-state index < -0.39 is 0 Å². The number of benzene rings is 3. The molecular formula is C25H23FN2. The van der Waals surface area contributed by atoms with Gasteiger partial charge in [0.25, 0.3) is 0 Å². The molecule has 140 valence electrons. The normalized spacial score (nSPS) is 11.4. The van der Waals surface area contributed by atoms with Crippen molar-refractivity contribution >= 4 is 12.4 Å². The van der Waals surface area contributed by atoms with Crippen molar-refractivity contribution in [3.8, 4) is 11.1 Å². The Morgan fingerprint density at radius 3 is 2.14 bits per heavy atom. The maximum atomic E-state index is 14.4. The molecule has 0 bridgehead atoms. The predicted molar refractivity (Wildman–Crippen MR) is 117 cm³/mol. The highest BCUT2D eigenvalue weighted by Gasteiger charge is 2.05. The number of halogens is 1. The summed E-state index contributed by atoms with van der Waals surface area (Å²) in [7, 11) is 0. The quantitative estimate of drug-likeness (QED) is 0.262. The van der Waals surface area contributed by atoms with Crippen LogP contribution in [0.1, 0.15) is 28.7 Å². The lowest BCUT2D eigenvalue weighted by atomic mass is 10.0. The van der Waals surface area contributed by atoms with Gasteiger partial charge in [-0.25, -0.2) is 4.39 Å². The van der Waals surface area contributed by atoms with Gasteiger partial charge >= 0.3 is 0 Å². The minimum absolute atomic E-state index is 0.271. The Bertz CT molecular complexity index is 984. The average molecular weight is 370 g/mol. The lowest BCUT2D eigenvalue weighted by Crippen LogP contribution is -1.89. The third-order valence-electron chi connectivity index (χ3n) is 4.45. The van der Waals surface area contributed by atoms with Crippen LogP contribution in [-0.2, 0) is 6.42 Å². The van der Waals surface area contributed by atoms with Crippen molar-refractivity contribution in [2.75, 3.05) is 0 Å². The molecule has 0 radical (unpaired) electrons. The molecule has 0 aliphatic heterocycles. The first-order valence-corrected chi connectivity index (χ1v) is 9.28. The smallest absolute Gasteiger partial charge is 0.131 e. The van der Waals surface area contributed by atoms with Crippen LogP contribution in [0.15, 0.2) is 89.6 Å². The minimum atomic E-state index is -0.271. The summed E-state index contributed by atoms with van der Waals surface area (Å²) in [5.41, 5.74) is 5.51. The molecule has 3 heteroatoms. The van der Waals surface area contributed by atoms with Crippen molar-refractivity contribution < 1.29 is 4.39 Å². The van der Waals surface area contributed by atoms with E-state index in [-0.39, 0.29) is 5.82 Å².